The number of hydrogen-bond acceptors (Lipinski definition) is 17. The number of rotatable bonds is 10. The maximum atomic E-state index is 13.5. The number of nitrogen functional groups attached to an aromatic ring is 1. The Hall–Kier alpha value is -5.74. The van der Waals surface area contributed by atoms with Crippen LogP contribution in [0.5, 0.6) is 11.5 Å². The van der Waals surface area contributed by atoms with E-state index in [1.165, 1.54) is 28.6 Å². The first kappa shape index (κ1) is 34.1. The summed E-state index contributed by atoms with van der Waals surface area (Å²) in [6, 6.07) is 2.56. The molecule has 1 aromatic carbocycles. The molecule has 0 spiro atoms. The zero-order chi connectivity index (χ0) is 36.0. The second-order valence-corrected chi connectivity index (χ2v) is 13.6. The number of nitrogens with one attached hydrogen (secondary N) is 1. The summed E-state index contributed by atoms with van der Waals surface area (Å²) in [5, 5.41) is 50.1. The Bertz CT molecular complexity index is 2200. The first-order valence-electron chi connectivity index (χ1n) is 14.1. The summed E-state index contributed by atoms with van der Waals surface area (Å²) in [4.78, 5) is 81.5. The Morgan fingerprint density at radius 2 is 1.84 bits per heavy atom. The summed E-state index contributed by atoms with van der Waals surface area (Å²) in [6.45, 7) is 3.15. The number of aromatic nitrogens is 5. The van der Waals surface area contributed by atoms with Crippen LogP contribution in [0.25, 0.3) is 5.78 Å². The molecule has 50 heavy (non-hydrogen) atoms. The highest BCUT2D eigenvalue weighted by molar-refractivity contribution is 8.01. The molecule has 2 aliphatic rings. The van der Waals surface area contributed by atoms with Crippen LogP contribution in [-0.4, -0.2) is 108 Å². The van der Waals surface area contributed by atoms with Crippen LogP contribution in [-0.2, 0) is 19.2 Å². The number of nitrogens with zero attached hydrogens (tertiary/aromatic N) is 7. The fourth-order valence-electron chi connectivity index (χ4n) is 4.95. The zero-order valence-corrected chi connectivity index (χ0v) is 28.0. The van der Waals surface area contributed by atoms with Crippen molar-refractivity contribution in [1.82, 2.24) is 34.8 Å². The number of fused-ring (bicyclic) bond motifs is 2. The lowest BCUT2D eigenvalue weighted by atomic mass is 10.0. The Balaban J connectivity index is 1.20. The lowest BCUT2D eigenvalue weighted by Crippen LogP contribution is -2.71. The Kier molecular flexibility index (Phi) is 9.07. The molecule has 2 aliphatic heterocycles. The van der Waals surface area contributed by atoms with Crippen LogP contribution in [0.15, 0.2) is 45.0 Å². The van der Waals surface area contributed by atoms with Gasteiger partial charge in [0.2, 0.25) is 0 Å². The number of phenolic OH excluding ortho intramolecular Hbond substituents is 2. The van der Waals surface area contributed by atoms with Gasteiger partial charge in [-0.25, -0.2) is 24.4 Å². The van der Waals surface area contributed by atoms with Crippen LogP contribution in [0.3, 0.4) is 0 Å². The largest absolute Gasteiger partial charge is 0.504 e. The summed E-state index contributed by atoms with van der Waals surface area (Å²) >= 11 is 3.33. The summed E-state index contributed by atoms with van der Waals surface area (Å²) in [5.41, 5.74) is 5.90. The van der Waals surface area contributed by atoms with E-state index in [1.54, 1.807) is 13.0 Å². The van der Waals surface area contributed by atoms with Crippen LogP contribution in [0.2, 0.25) is 0 Å². The van der Waals surface area contributed by atoms with E-state index >= 15 is 0 Å². The number of aromatic hydroxyl groups is 2. The maximum Gasteiger partial charge on any atom is 0.375 e. The lowest BCUT2D eigenvalue weighted by Gasteiger charge is -2.49. The van der Waals surface area contributed by atoms with Crippen molar-refractivity contribution in [2.75, 3.05) is 17.2 Å². The minimum absolute atomic E-state index is 0.0553. The Labute approximate surface area is 291 Å². The van der Waals surface area contributed by atoms with E-state index in [4.69, 9.17) is 10.6 Å². The molecule has 2 amide bonds. The van der Waals surface area contributed by atoms with E-state index in [2.05, 4.69) is 30.5 Å². The minimum atomic E-state index is -1.36. The maximum absolute atomic E-state index is 13.5. The molecule has 4 aromatic rings. The molecule has 0 unspecified atom stereocenters. The smallest absolute Gasteiger partial charge is 0.375 e. The van der Waals surface area contributed by atoms with Gasteiger partial charge in [0.15, 0.2) is 22.3 Å². The fraction of sp³-hybridized carbons (Fsp3) is 0.214. The van der Waals surface area contributed by atoms with Gasteiger partial charge < -0.3 is 36.3 Å². The third-order valence-corrected chi connectivity index (χ3v) is 10.4. The molecule has 22 heteroatoms. The molecule has 258 valence electrons. The van der Waals surface area contributed by atoms with E-state index in [0.717, 1.165) is 40.1 Å². The highest BCUT2D eigenvalue weighted by atomic mass is 32.2. The van der Waals surface area contributed by atoms with Gasteiger partial charge in [0.05, 0.1) is 5.56 Å². The van der Waals surface area contributed by atoms with E-state index in [0.29, 0.717) is 16.3 Å². The molecule has 0 bridgehead atoms. The van der Waals surface area contributed by atoms with Gasteiger partial charge >= 0.3 is 17.9 Å². The van der Waals surface area contributed by atoms with Crippen molar-refractivity contribution in [2.24, 2.45) is 5.16 Å². The molecule has 1 fully saturated rings. The Morgan fingerprint density at radius 1 is 1.10 bits per heavy atom. The van der Waals surface area contributed by atoms with Gasteiger partial charge in [0, 0.05) is 22.6 Å². The van der Waals surface area contributed by atoms with E-state index < -0.39 is 64.2 Å². The van der Waals surface area contributed by atoms with Crippen molar-refractivity contribution in [2.45, 2.75) is 30.3 Å². The van der Waals surface area contributed by atoms with Crippen molar-refractivity contribution < 1.29 is 49.2 Å². The van der Waals surface area contributed by atoms with Crippen LogP contribution in [0.4, 0.5) is 5.13 Å². The topological polar surface area (TPSA) is 285 Å². The molecule has 3 aromatic heterocycles. The van der Waals surface area contributed by atoms with E-state index in [1.807, 2.05) is 0 Å². The fourth-order valence-corrected chi connectivity index (χ4v) is 8.03. The van der Waals surface area contributed by atoms with Crippen LogP contribution in [0.1, 0.15) is 37.9 Å². The Morgan fingerprint density at radius 3 is 2.52 bits per heavy atom. The SMILES string of the molecule is Cc1cc(SCC2=C(C(=O)O)N3C(=O)[C@@H](NC(=O)/C(=N\OC(=O)c4cc(O)c(O)cc4C)c4csc(N)n4)[C@H]3SC2)n2nc(C(=O)O)nc2n1. The van der Waals surface area contributed by atoms with Gasteiger partial charge in [-0.15, -0.1) is 40.0 Å². The number of carboxylic acid groups (broad SMARTS) is 2. The number of thioether (sulfide) groups is 2. The molecule has 5 heterocycles. The lowest BCUT2D eigenvalue weighted by molar-refractivity contribution is -0.150. The van der Waals surface area contributed by atoms with Gasteiger partial charge in [-0.3, -0.25) is 14.5 Å². The van der Waals surface area contributed by atoms with Gasteiger partial charge in [0.25, 0.3) is 23.4 Å². The minimum Gasteiger partial charge on any atom is -0.504 e. The number of hydrogen-bond donors (Lipinski definition) is 6. The average molecular weight is 742 g/mol. The molecule has 0 aliphatic carbocycles. The van der Waals surface area contributed by atoms with Crippen LogP contribution < -0.4 is 11.1 Å². The second kappa shape index (κ2) is 13.3. The normalized spacial score (nSPS) is 17.4. The average Bonchev–Trinajstić information content (AvgIpc) is 3.70. The number of carbonyl (C=O) groups excluding carboxylic acids is 3. The van der Waals surface area contributed by atoms with Crippen molar-refractivity contribution in [3.8, 4) is 11.5 Å². The second-order valence-electron chi connectivity index (χ2n) is 10.6. The van der Waals surface area contributed by atoms with Crippen LogP contribution >= 0.6 is 34.9 Å². The number of nitrogens with two attached hydrogens (primary N) is 1. The molecule has 0 radical (unpaired) electrons. The van der Waals surface area contributed by atoms with Crippen molar-refractivity contribution in [3.63, 3.8) is 0 Å². The number of thiazole rings is 1. The number of aliphatic carboxylic acids is 1. The third kappa shape index (κ3) is 6.37. The summed E-state index contributed by atoms with van der Waals surface area (Å²) < 4.78 is 1.24. The third-order valence-electron chi connectivity index (χ3n) is 7.27. The molecule has 19 nitrogen and oxygen atoms in total. The van der Waals surface area contributed by atoms with Gasteiger partial charge in [-0.05, 0) is 43.2 Å². The van der Waals surface area contributed by atoms with Gasteiger partial charge in [-0.1, -0.05) is 5.16 Å². The molecule has 6 rings (SSSR count). The number of oxime groups is 1. The zero-order valence-electron chi connectivity index (χ0n) is 25.5. The molecular formula is C28H23N9O10S3. The summed E-state index contributed by atoms with van der Waals surface area (Å²) in [5.74, 6) is -6.65. The number of carboxylic acids is 2. The van der Waals surface area contributed by atoms with Gasteiger partial charge in [0.1, 0.15) is 27.8 Å². The van der Waals surface area contributed by atoms with Crippen molar-refractivity contribution >= 4 is 81.2 Å². The number of amides is 2. The number of aryl methyl sites for hydroxylation is 2. The number of β-lactam (4-membered cyclic amide) rings is 1. The predicted molar refractivity (Wildman–Crippen MR) is 176 cm³/mol. The highest BCUT2D eigenvalue weighted by Crippen LogP contribution is 2.41. The molecule has 7 N–H and O–H groups in total. The highest BCUT2D eigenvalue weighted by Gasteiger charge is 2.54. The first-order chi connectivity index (χ1) is 23.7. The molecule has 2 atom stereocenters. The molecule has 0 saturated carbocycles. The summed E-state index contributed by atoms with van der Waals surface area (Å²) in [6.07, 6.45) is 0. The molecule has 1 saturated heterocycles. The first-order valence-corrected chi connectivity index (χ1v) is 17.0. The quantitative estimate of drug-likeness (QED) is 0.0251. The van der Waals surface area contributed by atoms with Gasteiger partial charge in [-0.2, -0.15) is 9.50 Å². The number of carbonyl (C=O) groups is 5. The predicted octanol–water partition coefficient (Wildman–Crippen LogP) is 0.981. The molecular weight excluding hydrogens is 719 g/mol. The monoisotopic (exact) mass is 741 g/mol. The van der Waals surface area contributed by atoms with E-state index in [9.17, 15) is 44.4 Å². The van der Waals surface area contributed by atoms with Crippen LogP contribution in [0, 0.1) is 13.8 Å². The van der Waals surface area contributed by atoms with E-state index in [-0.39, 0.29) is 44.9 Å². The number of aromatic carboxylic acids is 1. The van der Waals surface area contributed by atoms with Crippen molar-refractivity contribution in [1.29, 1.82) is 0 Å². The number of benzene rings is 1. The van der Waals surface area contributed by atoms with Crippen molar-refractivity contribution in [3.05, 3.63) is 63.2 Å². The standard InChI is InChI=1S/C28H23N9O10S3/c1-9-3-14(38)15(39)5-12(9)26(46)47-35-17(13-8-50-27(29)31-13)21(40)32-18-22(41)36-19(24(42)43)11(7-49-23(18)36)6-48-16-4-10(2)30-28-33-20(25(44)45)34-37(16)28/h3-5,8,18,23,38-39H,6-7H2,1-2H3,(H2,29,31)(H,32,40)(H,42,43)(H,44,45)/b35-17-/t18-,23-/m1/s1. The number of phenols is 2. The number of anilines is 1. The summed E-state index contributed by atoms with van der Waals surface area (Å²) in [7, 11) is 0.